The fraction of sp³-hybridized carbons (Fsp3) is 0.722. The molecule has 26 heavy (non-hydrogen) atoms. The molecule has 3 heterocycles. The van der Waals surface area contributed by atoms with Gasteiger partial charge in [-0.1, -0.05) is 6.07 Å². The highest BCUT2D eigenvalue weighted by molar-refractivity contribution is 7.90. The SMILES string of the molecule is CN1CCCC(CNC(=O)N2CCC[C@@H]2CS(C)(=O)=O)C1c1cccs1. The Labute approximate surface area is 160 Å². The molecule has 0 bridgehead atoms. The first kappa shape index (κ1) is 19.6. The highest BCUT2D eigenvalue weighted by Gasteiger charge is 2.34. The number of likely N-dealkylation sites (tertiary alicyclic amines) is 2. The van der Waals surface area contributed by atoms with E-state index in [2.05, 4.69) is 34.8 Å². The third kappa shape index (κ3) is 4.78. The van der Waals surface area contributed by atoms with Gasteiger partial charge in [-0.2, -0.15) is 0 Å². The molecule has 1 aromatic rings. The van der Waals surface area contributed by atoms with Crippen LogP contribution in [0.1, 0.15) is 36.6 Å². The average Bonchev–Trinajstić information content (AvgIpc) is 3.23. The summed E-state index contributed by atoms with van der Waals surface area (Å²) in [7, 11) is -0.928. The van der Waals surface area contributed by atoms with Gasteiger partial charge in [-0.25, -0.2) is 13.2 Å². The Morgan fingerprint density at radius 2 is 2.08 bits per heavy atom. The fourth-order valence-electron chi connectivity index (χ4n) is 4.33. The van der Waals surface area contributed by atoms with E-state index in [1.807, 2.05) is 0 Å². The van der Waals surface area contributed by atoms with Gasteiger partial charge in [0, 0.05) is 36.3 Å². The van der Waals surface area contributed by atoms with Crippen LogP contribution in [0, 0.1) is 5.92 Å². The number of nitrogens with one attached hydrogen (secondary N) is 1. The number of hydrogen-bond donors (Lipinski definition) is 1. The third-order valence-electron chi connectivity index (χ3n) is 5.49. The topological polar surface area (TPSA) is 69.7 Å². The summed E-state index contributed by atoms with van der Waals surface area (Å²) in [6.45, 7) is 2.36. The Bertz CT molecular complexity index is 705. The maximum Gasteiger partial charge on any atom is 0.317 e. The summed E-state index contributed by atoms with van der Waals surface area (Å²) in [5.41, 5.74) is 0. The van der Waals surface area contributed by atoms with Crippen molar-refractivity contribution >= 4 is 27.2 Å². The van der Waals surface area contributed by atoms with E-state index in [1.165, 1.54) is 11.1 Å². The van der Waals surface area contributed by atoms with Crippen LogP contribution >= 0.6 is 11.3 Å². The fourth-order valence-corrected chi connectivity index (χ4v) is 6.36. The van der Waals surface area contributed by atoms with Crippen LogP contribution < -0.4 is 5.32 Å². The zero-order valence-corrected chi connectivity index (χ0v) is 17.2. The average molecular weight is 400 g/mol. The van der Waals surface area contributed by atoms with Gasteiger partial charge >= 0.3 is 6.03 Å². The second-order valence-corrected chi connectivity index (χ2v) is 10.8. The number of amides is 2. The molecule has 6 nitrogen and oxygen atoms in total. The van der Waals surface area contributed by atoms with E-state index in [1.54, 1.807) is 16.2 Å². The third-order valence-corrected chi connectivity index (χ3v) is 7.42. The number of rotatable bonds is 5. The lowest BCUT2D eigenvalue weighted by atomic mass is 9.88. The van der Waals surface area contributed by atoms with Gasteiger partial charge in [0.15, 0.2) is 0 Å². The quantitative estimate of drug-likeness (QED) is 0.825. The van der Waals surface area contributed by atoms with Crippen LogP contribution in [-0.4, -0.2) is 69.0 Å². The van der Waals surface area contributed by atoms with E-state index in [-0.39, 0.29) is 17.8 Å². The number of hydrogen-bond acceptors (Lipinski definition) is 5. The maximum absolute atomic E-state index is 12.7. The second kappa shape index (κ2) is 8.27. The van der Waals surface area contributed by atoms with Crippen molar-refractivity contribution in [2.45, 2.75) is 37.8 Å². The van der Waals surface area contributed by atoms with Crippen molar-refractivity contribution in [3.05, 3.63) is 22.4 Å². The summed E-state index contributed by atoms with van der Waals surface area (Å²) in [5.74, 6) is 0.442. The second-order valence-electron chi connectivity index (χ2n) is 7.61. The van der Waals surface area contributed by atoms with Crippen molar-refractivity contribution < 1.29 is 13.2 Å². The van der Waals surface area contributed by atoms with Gasteiger partial charge in [-0.05, 0) is 56.6 Å². The summed E-state index contributed by atoms with van der Waals surface area (Å²) >= 11 is 1.77. The van der Waals surface area contributed by atoms with Crippen LogP contribution in [0.2, 0.25) is 0 Å². The molecule has 0 aromatic carbocycles. The van der Waals surface area contributed by atoms with Gasteiger partial charge in [0.05, 0.1) is 5.75 Å². The van der Waals surface area contributed by atoms with Crippen molar-refractivity contribution in [2.75, 3.05) is 38.7 Å². The lowest BCUT2D eigenvalue weighted by Crippen LogP contribution is -2.48. The van der Waals surface area contributed by atoms with E-state index in [0.717, 1.165) is 32.2 Å². The van der Waals surface area contributed by atoms with Crippen molar-refractivity contribution in [2.24, 2.45) is 5.92 Å². The predicted molar refractivity (Wildman–Crippen MR) is 105 cm³/mol. The van der Waals surface area contributed by atoms with Crippen LogP contribution in [0.15, 0.2) is 17.5 Å². The summed E-state index contributed by atoms with van der Waals surface area (Å²) in [5, 5.41) is 5.20. The molecule has 2 saturated heterocycles. The normalized spacial score (nSPS) is 27.6. The Balaban J connectivity index is 1.61. The lowest BCUT2D eigenvalue weighted by molar-refractivity contribution is 0.120. The maximum atomic E-state index is 12.7. The number of carbonyl (C=O) groups is 1. The number of carbonyl (C=O) groups excluding carboxylic acids is 1. The molecule has 1 N–H and O–H groups in total. The van der Waals surface area contributed by atoms with Gasteiger partial charge in [0.2, 0.25) is 0 Å². The number of thiophene rings is 1. The molecule has 2 aliphatic heterocycles. The molecule has 2 fully saturated rings. The minimum absolute atomic E-state index is 0.0599. The van der Waals surface area contributed by atoms with Gasteiger partial charge in [0.1, 0.15) is 9.84 Å². The van der Waals surface area contributed by atoms with Crippen LogP contribution in [0.3, 0.4) is 0 Å². The van der Waals surface area contributed by atoms with E-state index in [4.69, 9.17) is 0 Å². The molecule has 146 valence electrons. The summed E-state index contributed by atoms with van der Waals surface area (Å²) < 4.78 is 23.2. The van der Waals surface area contributed by atoms with Crippen molar-refractivity contribution in [1.29, 1.82) is 0 Å². The molecule has 2 amide bonds. The van der Waals surface area contributed by atoms with Gasteiger partial charge in [0.25, 0.3) is 0 Å². The zero-order valence-electron chi connectivity index (χ0n) is 15.6. The van der Waals surface area contributed by atoms with Crippen LogP contribution in [0.25, 0.3) is 0 Å². The van der Waals surface area contributed by atoms with Crippen molar-refractivity contribution in [3.8, 4) is 0 Å². The Morgan fingerprint density at radius 3 is 2.77 bits per heavy atom. The molecule has 2 unspecified atom stereocenters. The molecule has 0 spiro atoms. The first-order chi connectivity index (χ1) is 12.3. The molecule has 0 aliphatic carbocycles. The minimum atomic E-state index is -3.08. The zero-order chi connectivity index (χ0) is 18.7. The minimum Gasteiger partial charge on any atom is -0.338 e. The molecule has 8 heteroatoms. The lowest BCUT2D eigenvalue weighted by Gasteiger charge is -2.39. The summed E-state index contributed by atoms with van der Waals surface area (Å²) in [4.78, 5) is 18.1. The number of piperidine rings is 1. The number of urea groups is 1. The Hall–Kier alpha value is -1.12. The Morgan fingerprint density at radius 1 is 1.31 bits per heavy atom. The highest BCUT2D eigenvalue weighted by atomic mass is 32.2. The highest BCUT2D eigenvalue weighted by Crippen LogP contribution is 2.36. The largest absolute Gasteiger partial charge is 0.338 e. The van der Waals surface area contributed by atoms with Gasteiger partial charge < -0.3 is 10.2 Å². The smallest absolute Gasteiger partial charge is 0.317 e. The van der Waals surface area contributed by atoms with Gasteiger partial charge in [-0.15, -0.1) is 11.3 Å². The standard InChI is InChI=1S/C18H29N3O3S2/c1-20-9-3-6-14(17(20)16-8-5-11-25-16)12-19-18(22)21-10-4-7-15(21)13-26(2,23)24/h5,8,11,14-15,17H,3-4,6-7,9-10,12-13H2,1-2H3,(H,19,22)/t14?,15-,17?/m1/s1. The van der Waals surface area contributed by atoms with E-state index < -0.39 is 9.84 Å². The van der Waals surface area contributed by atoms with Crippen LogP contribution in [0.4, 0.5) is 4.79 Å². The molecule has 0 saturated carbocycles. The molecular formula is C18H29N3O3S2. The molecule has 0 radical (unpaired) electrons. The van der Waals surface area contributed by atoms with Crippen molar-refractivity contribution in [3.63, 3.8) is 0 Å². The molecular weight excluding hydrogens is 370 g/mol. The molecule has 1 aromatic heterocycles. The number of sulfone groups is 1. The van der Waals surface area contributed by atoms with Crippen LogP contribution in [0.5, 0.6) is 0 Å². The number of nitrogens with zero attached hydrogens (tertiary/aromatic N) is 2. The molecule has 2 aliphatic rings. The van der Waals surface area contributed by atoms with E-state index >= 15 is 0 Å². The Kier molecular flexibility index (Phi) is 6.25. The predicted octanol–water partition coefficient (Wildman–Crippen LogP) is 2.35. The van der Waals surface area contributed by atoms with Gasteiger partial charge in [-0.3, -0.25) is 4.90 Å². The van der Waals surface area contributed by atoms with E-state index in [0.29, 0.717) is 25.0 Å². The summed E-state index contributed by atoms with van der Waals surface area (Å²) in [6.07, 6.45) is 5.12. The molecule has 3 rings (SSSR count). The monoisotopic (exact) mass is 399 g/mol. The molecule has 3 atom stereocenters. The first-order valence-corrected chi connectivity index (χ1v) is 12.2. The summed E-state index contributed by atoms with van der Waals surface area (Å²) in [6, 6.07) is 4.29. The van der Waals surface area contributed by atoms with Crippen molar-refractivity contribution in [1.82, 2.24) is 15.1 Å². The van der Waals surface area contributed by atoms with E-state index in [9.17, 15) is 13.2 Å². The van der Waals surface area contributed by atoms with Crippen LogP contribution in [-0.2, 0) is 9.84 Å². The first-order valence-electron chi connectivity index (χ1n) is 9.31.